The third-order valence-electron chi connectivity index (χ3n) is 8.30. The normalized spacial score (nSPS) is 21.9. The lowest BCUT2D eigenvalue weighted by molar-refractivity contribution is -0.133. The first-order valence-corrected chi connectivity index (χ1v) is 15.6. The Kier molecular flexibility index (Phi) is 9.45. The minimum atomic E-state index is -0.0235. The standard InChI is InChI=1S/C29H34Br2ClN3O3/c30-22-14-21-4-3-20-15-23(32)16-25(31)27(20)28(29(21)33-17-22)19-7-9-35(10-8-19)26(37)13-18-1-5-24(6-2-18)34-38-12-11-36/h14-19,28,36H,1-13H2/t18?,28-/m1/s1. The van der Waals surface area contributed by atoms with E-state index in [4.69, 9.17) is 26.5 Å². The molecule has 1 aromatic heterocycles. The molecule has 1 saturated carbocycles. The highest BCUT2D eigenvalue weighted by Gasteiger charge is 2.36. The monoisotopic (exact) mass is 665 g/mol. The van der Waals surface area contributed by atoms with Crippen LogP contribution in [0.25, 0.3) is 0 Å². The highest BCUT2D eigenvalue weighted by molar-refractivity contribution is 9.10. The molecule has 9 heteroatoms. The number of fused-ring (bicyclic) bond motifs is 2. The number of likely N-dealkylation sites (tertiary alicyclic amines) is 1. The Labute approximate surface area is 246 Å². The molecule has 0 bridgehead atoms. The Morgan fingerprint density at radius 3 is 2.55 bits per heavy atom. The van der Waals surface area contributed by atoms with E-state index in [-0.39, 0.29) is 25.0 Å². The average molecular weight is 668 g/mol. The second-order valence-corrected chi connectivity index (χ2v) is 12.9. The summed E-state index contributed by atoms with van der Waals surface area (Å²) < 4.78 is 2.07. The maximum absolute atomic E-state index is 13.2. The van der Waals surface area contributed by atoms with Gasteiger partial charge in [-0.1, -0.05) is 32.7 Å². The van der Waals surface area contributed by atoms with Crippen LogP contribution < -0.4 is 0 Å². The van der Waals surface area contributed by atoms with E-state index in [9.17, 15) is 4.79 Å². The van der Waals surface area contributed by atoms with Gasteiger partial charge in [-0.05, 0) is 114 Å². The predicted octanol–water partition coefficient (Wildman–Crippen LogP) is 6.67. The fraction of sp³-hybridized carbons (Fsp3) is 0.552. The van der Waals surface area contributed by atoms with Crippen LogP contribution in [0.15, 0.2) is 38.5 Å². The van der Waals surface area contributed by atoms with Crippen molar-refractivity contribution in [2.75, 3.05) is 26.3 Å². The molecule has 1 N–H and O–H groups in total. The number of carbonyl (C=O) groups excluding carboxylic acids is 1. The van der Waals surface area contributed by atoms with Crippen molar-refractivity contribution in [3.05, 3.63) is 60.7 Å². The molecule has 2 aliphatic carbocycles. The molecule has 5 rings (SSSR count). The summed E-state index contributed by atoms with van der Waals surface area (Å²) in [5.74, 6) is 1.28. The van der Waals surface area contributed by atoms with E-state index >= 15 is 0 Å². The van der Waals surface area contributed by atoms with Crippen molar-refractivity contribution in [2.45, 2.75) is 63.7 Å². The fourth-order valence-electron chi connectivity index (χ4n) is 6.37. The number of benzene rings is 1. The van der Waals surface area contributed by atoms with Gasteiger partial charge in [-0.3, -0.25) is 9.78 Å². The maximum Gasteiger partial charge on any atom is 0.222 e. The number of hydrogen-bond acceptors (Lipinski definition) is 5. The number of amides is 1. The van der Waals surface area contributed by atoms with Gasteiger partial charge in [0.15, 0.2) is 0 Å². The topological polar surface area (TPSA) is 75.0 Å². The largest absolute Gasteiger partial charge is 0.393 e. The molecular weight excluding hydrogens is 634 g/mol. The maximum atomic E-state index is 13.2. The number of oxime groups is 1. The molecule has 1 aliphatic heterocycles. The Hall–Kier alpha value is -1.48. The van der Waals surface area contributed by atoms with Crippen LogP contribution in [0.5, 0.6) is 0 Å². The van der Waals surface area contributed by atoms with Crippen molar-refractivity contribution >= 4 is 55.1 Å². The molecule has 0 unspecified atom stereocenters. The Bertz CT molecular complexity index is 1190. The number of nitrogens with zero attached hydrogens (tertiary/aromatic N) is 3. The molecule has 1 aromatic carbocycles. The first-order valence-electron chi connectivity index (χ1n) is 13.6. The Balaban J connectivity index is 1.25. The summed E-state index contributed by atoms with van der Waals surface area (Å²) in [7, 11) is 0. The Morgan fingerprint density at radius 1 is 1.08 bits per heavy atom. The molecule has 1 amide bonds. The molecule has 6 nitrogen and oxygen atoms in total. The van der Waals surface area contributed by atoms with Crippen LogP contribution in [0.1, 0.15) is 73.2 Å². The van der Waals surface area contributed by atoms with Crippen molar-refractivity contribution in [2.24, 2.45) is 17.0 Å². The lowest BCUT2D eigenvalue weighted by Crippen LogP contribution is -2.41. The molecule has 3 aliphatic rings. The van der Waals surface area contributed by atoms with E-state index in [1.54, 1.807) is 0 Å². The fourth-order valence-corrected chi connectivity index (χ4v) is 7.87. The van der Waals surface area contributed by atoms with E-state index < -0.39 is 0 Å². The second kappa shape index (κ2) is 12.8. The molecule has 2 heterocycles. The van der Waals surface area contributed by atoms with Crippen LogP contribution in [0, 0.1) is 11.8 Å². The second-order valence-electron chi connectivity index (χ2n) is 10.7. The SMILES string of the molecule is O=C(CC1CCC(=NOCCO)CC1)N1CCC([C@H]2c3ncc(Br)cc3CCc3cc(Cl)cc(Br)c32)CC1. The van der Waals surface area contributed by atoms with Crippen LogP contribution in [0.4, 0.5) is 0 Å². The van der Waals surface area contributed by atoms with Gasteiger partial charge in [0.05, 0.1) is 18.0 Å². The van der Waals surface area contributed by atoms with Gasteiger partial charge >= 0.3 is 0 Å². The smallest absolute Gasteiger partial charge is 0.222 e. The number of piperidine rings is 1. The van der Waals surface area contributed by atoms with Gasteiger partial charge in [0.25, 0.3) is 0 Å². The number of halogens is 3. The molecule has 1 saturated heterocycles. The first kappa shape index (κ1) is 28.1. The number of rotatable bonds is 6. The molecule has 204 valence electrons. The van der Waals surface area contributed by atoms with Gasteiger partial charge in [-0.25, -0.2) is 0 Å². The van der Waals surface area contributed by atoms with E-state index in [0.717, 1.165) is 84.1 Å². The number of hydrogen-bond donors (Lipinski definition) is 1. The van der Waals surface area contributed by atoms with Crippen LogP contribution >= 0.6 is 43.5 Å². The Morgan fingerprint density at radius 2 is 1.82 bits per heavy atom. The van der Waals surface area contributed by atoms with Crippen molar-refractivity contribution in [3.8, 4) is 0 Å². The zero-order chi connectivity index (χ0) is 26.6. The molecule has 1 atom stereocenters. The molecule has 38 heavy (non-hydrogen) atoms. The number of aromatic nitrogens is 1. The van der Waals surface area contributed by atoms with E-state index in [1.807, 2.05) is 12.3 Å². The average Bonchev–Trinajstić information content (AvgIpc) is 3.06. The lowest BCUT2D eigenvalue weighted by Gasteiger charge is -2.37. The summed E-state index contributed by atoms with van der Waals surface area (Å²) in [6.45, 7) is 1.80. The van der Waals surface area contributed by atoms with E-state index in [0.29, 0.717) is 18.3 Å². The summed E-state index contributed by atoms with van der Waals surface area (Å²) >= 11 is 13.9. The molecule has 0 spiro atoms. The summed E-state index contributed by atoms with van der Waals surface area (Å²) in [5, 5.41) is 13.7. The van der Waals surface area contributed by atoms with Crippen LogP contribution in [-0.2, 0) is 22.5 Å². The lowest BCUT2D eigenvalue weighted by atomic mass is 9.76. The van der Waals surface area contributed by atoms with Crippen LogP contribution in [0.3, 0.4) is 0 Å². The first-order chi connectivity index (χ1) is 18.4. The number of aryl methyl sites for hydroxylation is 2. The van der Waals surface area contributed by atoms with Crippen molar-refractivity contribution in [1.29, 1.82) is 0 Å². The van der Waals surface area contributed by atoms with Crippen molar-refractivity contribution in [1.82, 2.24) is 9.88 Å². The van der Waals surface area contributed by atoms with Gasteiger partial charge in [-0.15, -0.1) is 0 Å². The zero-order valence-corrected chi connectivity index (χ0v) is 25.4. The molecule has 0 radical (unpaired) electrons. The van der Waals surface area contributed by atoms with Gasteiger partial charge in [-0.2, -0.15) is 0 Å². The third kappa shape index (κ3) is 6.45. The van der Waals surface area contributed by atoms with Crippen molar-refractivity contribution < 1.29 is 14.7 Å². The number of carbonyl (C=O) groups is 1. The zero-order valence-electron chi connectivity index (χ0n) is 21.5. The summed E-state index contributed by atoms with van der Waals surface area (Å²) in [5.41, 5.74) is 6.12. The minimum Gasteiger partial charge on any atom is -0.393 e. The van der Waals surface area contributed by atoms with Gasteiger partial charge in [0.2, 0.25) is 5.91 Å². The summed E-state index contributed by atoms with van der Waals surface area (Å²) in [4.78, 5) is 25.4. The molecule has 2 aromatic rings. The minimum absolute atomic E-state index is 0.0235. The van der Waals surface area contributed by atoms with Crippen molar-refractivity contribution in [3.63, 3.8) is 0 Å². The number of pyridine rings is 1. The highest BCUT2D eigenvalue weighted by Crippen LogP contribution is 2.46. The number of aliphatic hydroxyl groups is 1. The predicted molar refractivity (Wildman–Crippen MR) is 157 cm³/mol. The van der Waals surface area contributed by atoms with Crippen LogP contribution in [-0.4, -0.2) is 52.9 Å². The quantitative estimate of drug-likeness (QED) is 0.276. The van der Waals surface area contributed by atoms with E-state index in [2.05, 4.69) is 54.0 Å². The summed E-state index contributed by atoms with van der Waals surface area (Å²) in [6.07, 6.45) is 10.0. The molecule has 2 fully saturated rings. The van der Waals surface area contributed by atoms with Gasteiger partial charge < -0.3 is 14.8 Å². The van der Waals surface area contributed by atoms with Crippen LogP contribution in [0.2, 0.25) is 5.02 Å². The third-order valence-corrected chi connectivity index (χ3v) is 9.61. The summed E-state index contributed by atoms with van der Waals surface area (Å²) in [6, 6.07) is 6.34. The van der Waals surface area contributed by atoms with Gasteiger partial charge in [0.1, 0.15) is 6.61 Å². The van der Waals surface area contributed by atoms with Gasteiger partial charge in [0, 0.05) is 45.6 Å². The van der Waals surface area contributed by atoms with E-state index in [1.165, 1.54) is 22.4 Å². The number of aliphatic hydroxyl groups excluding tert-OH is 1. The highest BCUT2D eigenvalue weighted by atomic mass is 79.9. The molecular formula is C29H34Br2ClN3O3.